The van der Waals surface area contributed by atoms with E-state index in [0.717, 1.165) is 17.1 Å². The molecule has 2 aromatic rings. The highest BCUT2D eigenvalue weighted by molar-refractivity contribution is 6.20. The summed E-state index contributed by atoms with van der Waals surface area (Å²) in [4.78, 5) is 0. The molecule has 18 heavy (non-hydrogen) atoms. The molecular weight excluding hydrogens is 244 g/mol. The van der Waals surface area contributed by atoms with Crippen LogP contribution in [0, 0.1) is 5.92 Å². The van der Waals surface area contributed by atoms with Crippen LogP contribution in [0.15, 0.2) is 54.6 Å². The molecule has 0 saturated carbocycles. The van der Waals surface area contributed by atoms with E-state index in [4.69, 9.17) is 16.3 Å². The lowest BCUT2D eigenvalue weighted by Gasteiger charge is -2.14. The Morgan fingerprint density at radius 2 is 1.39 bits per heavy atom. The Balaban J connectivity index is 2.09. The fraction of sp³-hybridized carbons (Fsp3) is 0.250. The zero-order valence-corrected chi connectivity index (χ0v) is 11.4. The maximum Gasteiger partial charge on any atom is 0.127 e. The number of para-hydroxylation sites is 1. The van der Waals surface area contributed by atoms with Crippen molar-refractivity contribution in [2.45, 2.75) is 19.2 Å². The second-order valence-electron chi connectivity index (χ2n) is 4.63. The SMILES string of the molecule is CC(C)C(Cl)c1ccc(Oc2ccccc2)cc1. The molecule has 0 heterocycles. The number of hydrogen-bond donors (Lipinski definition) is 0. The molecule has 0 radical (unpaired) electrons. The van der Waals surface area contributed by atoms with E-state index in [-0.39, 0.29) is 5.38 Å². The predicted octanol–water partition coefficient (Wildman–Crippen LogP) is 5.41. The fourth-order valence-electron chi connectivity index (χ4n) is 1.73. The normalized spacial score (nSPS) is 12.4. The summed E-state index contributed by atoms with van der Waals surface area (Å²) in [5, 5.41) is 0.0516. The minimum atomic E-state index is 0.0516. The number of benzene rings is 2. The first-order valence-electron chi connectivity index (χ1n) is 6.14. The molecule has 0 aliphatic carbocycles. The van der Waals surface area contributed by atoms with Crippen LogP contribution in [0.4, 0.5) is 0 Å². The van der Waals surface area contributed by atoms with Crippen molar-refractivity contribution in [3.8, 4) is 11.5 Å². The van der Waals surface area contributed by atoms with Crippen molar-refractivity contribution in [1.29, 1.82) is 0 Å². The molecule has 2 rings (SSSR count). The third kappa shape index (κ3) is 3.27. The van der Waals surface area contributed by atoms with Crippen LogP contribution in [0.5, 0.6) is 11.5 Å². The summed E-state index contributed by atoms with van der Waals surface area (Å²) in [6.45, 7) is 4.23. The number of hydrogen-bond acceptors (Lipinski definition) is 1. The summed E-state index contributed by atoms with van der Waals surface area (Å²) in [5.74, 6) is 2.10. The third-order valence-electron chi connectivity index (χ3n) is 2.76. The summed E-state index contributed by atoms with van der Waals surface area (Å²) in [6.07, 6.45) is 0. The van der Waals surface area contributed by atoms with Crippen LogP contribution in [0.1, 0.15) is 24.8 Å². The van der Waals surface area contributed by atoms with Gasteiger partial charge in [-0.1, -0.05) is 44.2 Å². The van der Waals surface area contributed by atoms with E-state index in [1.807, 2.05) is 54.6 Å². The topological polar surface area (TPSA) is 9.23 Å². The molecular formula is C16H17ClO. The van der Waals surface area contributed by atoms with Gasteiger partial charge in [0.1, 0.15) is 11.5 Å². The van der Waals surface area contributed by atoms with E-state index < -0.39 is 0 Å². The van der Waals surface area contributed by atoms with Crippen molar-refractivity contribution < 1.29 is 4.74 Å². The van der Waals surface area contributed by atoms with E-state index in [2.05, 4.69) is 13.8 Å². The second-order valence-corrected chi connectivity index (χ2v) is 5.10. The first-order chi connectivity index (χ1) is 8.66. The van der Waals surface area contributed by atoms with Crippen molar-refractivity contribution in [1.82, 2.24) is 0 Å². The van der Waals surface area contributed by atoms with Crippen LogP contribution >= 0.6 is 11.6 Å². The van der Waals surface area contributed by atoms with Crippen LogP contribution in [-0.4, -0.2) is 0 Å². The summed E-state index contributed by atoms with van der Waals surface area (Å²) in [7, 11) is 0. The van der Waals surface area contributed by atoms with E-state index in [9.17, 15) is 0 Å². The fourth-order valence-corrected chi connectivity index (χ4v) is 1.87. The third-order valence-corrected chi connectivity index (χ3v) is 3.52. The minimum absolute atomic E-state index is 0.0516. The molecule has 2 heteroatoms. The Hall–Kier alpha value is -1.47. The Kier molecular flexibility index (Phi) is 4.27. The van der Waals surface area contributed by atoms with Gasteiger partial charge in [0.2, 0.25) is 0 Å². The molecule has 94 valence electrons. The highest BCUT2D eigenvalue weighted by Crippen LogP contribution is 2.30. The maximum atomic E-state index is 6.31. The second kappa shape index (κ2) is 5.92. The summed E-state index contributed by atoms with van der Waals surface area (Å²) in [6, 6.07) is 17.7. The molecule has 0 fully saturated rings. The van der Waals surface area contributed by atoms with E-state index in [0.29, 0.717) is 5.92 Å². The Morgan fingerprint density at radius 3 is 1.94 bits per heavy atom. The van der Waals surface area contributed by atoms with Crippen molar-refractivity contribution in [3.05, 3.63) is 60.2 Å². The highest BCUT2D eigenvalue weighted by Gasteiger charge is 2.11. The van der Waals surface area contributed by atoms with Gasteiger partial charge in [-0.3, -0.25) is 0 Å². The first-order valence-corrected chi connectivity index (χ1v) is 6.57. The molecule has 1 unspecified atom stereocenters. The molecule has 1 nitrogen and oxygen atoms in total. The van der Waals surface area contributed by atoms with Gasteiger partial charge >= 0.3 is 0 Å². The van der Waals surface area contributed by atoms with E-state index in [1.165, 1.54) is 0 Å². The molecule has 0 aliphatic heterocycles. The monoisotopic (exact) mass is 260 g/mol. The number of halogens is 1. The van der Waals surface area contributed by atoms with Gasteiger partial charge in [-0.2, -0.15) is 0 Å². The molecule has 0 bridgehead atoms. The van der Waals surface area contributed by atoms with Gasteiger partial charge in [0.05, 0.1) is 5.38 Å². The molecule has 0 aromatic heterocycles. The van der Waals surface area contributed by atoms with Gasteiger partial charge in [-0.05, 0) is 35.7 Å². The smallest absolute Gasteiger partial charge is 0.127 e. The zero-order valence-electron chi connectivity index (χ0n) is 10.6. The summed E-state index contributed by atoms with van der Waals surface area (Å²) in [5.41, 5.74) is 1.13. The van der Waals surface area contributed by atoms with Crippen LogP contribution in [0.2, 0.25) is 0 Å². The number of rotatable bonds is 4. The van der Waals surface area contributed by atoms with Gasteiger partial charge in [-0.25, -0.2) is 0 Å². The lowest BCUT2D eigenvalue weighted by Crippen LogP contribution is -1.98. The Bertz CT molecular complexity index is 476. The molecule has 2 aromatic carbocycles. The van der Waals surface area contributed by atoms with E-state index in [1.54, 1.807) is 0 Å². The van der Waals surface area contributed by atoms with Gasteiger partial charge in [-0.15, -0.1) is 11.6 Å². The van der Waals surface area contributed by atoms with Gasteiger partial charge in [0, 0.05) is 0 Å². The van der Waals surface area contributed by atoms with Crippen LogP contribution in [0.25, 0.3) is 0 Å². The van der Waals surface area contributed by atoms with Crippen LogP contribution in [-0.2, 0) is 0 Å². The number of ether oxygens (including phenoxy) is 1. The summed E-state index contributed by atoms with van der Waals surface area (Å²) < 4.78 is 5.73. The molecule has 0 amide bonds. The molecule has 1 atom stereocenters. The molecule has 0 N–H and O–H groups in total. The quantitative estimate of drug-likeness (QED) is 0.668. The predicted molar refractivity (Wildman–Crippen MR) is 76.4 cm³/mol. The standard InChI is InChI=1S/C16H17ClO/c1-12(2)16(17)13-8-10-15(11-9-13)18-14-6-4-3-5-7-14/h3-12,16H,1-2H3. The van der Waals surface area contributed by atoms with Gasteiger partial charge in [0.25, 0.3) is 0 Å². The van der Waals surface area contributed by atoms with Crippen molar-refractivity contribution in [2.75, 3.05) is 0 Å². The lowest BCUT2D eigenvalue weighted by molar-refractivity contribution is 0.482. The zero-order chi connectivity index (χ0) is 13.0. The Labute approximate surface area is 113 Å². The van der Waals surface area contributed by atoms with E-state index >= 15 is 0 Å². The largest absolute Gasteiger partial charge is 0.457 e. The average molecular weight is 261 g/mol. The Morgan fingerprint density at radius 1 is 0.833 bits per heavy atom. The maximum absolute atomic E-state index is 6.31. The van der Waals surface area contributed by atoms with Crippen LogP contribution in [0.3, 0.4) is 0 Å². The van der Waals surface area contributed by atoms with Gasteiger partial charge in [0.15, 0.2) is 0 Å². The first kappa shape index (κ1) is 13.0. The molecule has 0 saturated heterocycles. The van der Waals surface area contributed by atoms with Gasteiger partial charge < -0.3 is 4.74 Å². The molecule has 0 spiro atoms. The highest BCUT2D eigenvalue weighted by atomic mass is 35.5. The molecule has 0 aliphatic rings. The summed E-state index contributed by atoms with van der Waals surface area (Å²) >= 11 is 6.31. The lowest BCUT2D eigenvalue weighted by atomic mass is 10.0. The van der Waals surface area contributed by atoms with Crippen molar-refractivity contribution in [2.24, 2.45) is 5.92 Å². The van der Waals surface area contributed by atoms with Crippen LogP contribution < -0.4 is 4.74 Å². The van der Waals surface area contributed by atoms with Crippen molar-refractivity contribution in [3.63, 3.8) is 0 Å². The van der Waals surface area contributed by atoms with Crippen molar-refractivity contribution >= 4 is 11.6 Å². The minimum Gasteiger partial charge on any atom is -0.457 e. The average Bonchev–Trinajstić information content (AvgIpc) is 2.40. The number of alkyl halides is 1.